The molecule has 0 spiro atoms. The van der Waals surface area contributed by atoms with Gasteiger partial charge in [0.05, 0.1) is 11.4 Å². The molecular weight excluding hydrogens is 622 g/mol. The maximum atomic E-state index is 13.2. The van der Waals surface area contributed by atoms with Crippen molar-refractivity contribution in [1.82, 2.24) is 38.8 Å². The minimum absolute atomic E-state index is 0.0117. The van der Waals surface area contributed by atoms with Crippen LogP contribution in [0.25, 0.3) is 0 Å². The first-order valence-corrected chi connectivity index (χ1v) is 15.1. The van der Waals surface area contributed by atoms with Crippen LogP contribution in [0.4, 0.5) is 17.1 Å². The van der Waals surface area contributed by atoms with Crippen molar-refractivity contribution in [3.8, 4) is 5.75 Å². The number of imidazole rings is 1. The van der Waals surface area contributed by atoms with E-state index in [2.05, 4.69) is 31.6 Å². The Morgan fingerprint density at radius 2 is 1.38 bits per heavy atom. The summed E-state index contributed by atoms with van der Waals surface area (Å²) in [7, 11) is 10.4. The lowest BCUT2D eigenvalue weighted by Gasteiger charge is -2.10. The van der Waals surface area contributed by atoms with Crippen LogP contribution in [-0.2, 0) is 33.0 Å². The third kappa shape index (κ3) is 8.49. The molecule has 4 aromatic rings. The van der Waals surface area contributed by atoms with Gasteiger partial charge in [0.2, 0.25) is 5.91 Å². The van der Waals surface area contributed by atoms with Crippen molar-refractivity contribution in [3.05, 3.63) is 66.0 Å². The van der Waals surface area contributed by atoms with E-state index in [0.29, 0.717) is 17.9 Å². The minimum Gasteiger partial charge on any atom is -0.504 e. The molecule has 0 bridgehead atoms. The number of aryl methyl sites for hydroxylation is 4. The molecule has 17 heteroatoms. The van der Waals surface area contributed by atoms with Gasteiger partial charge < -0.3 is 54.9 Å². The van der Waals surface area contributed by atoms with Crippen LogP contribution in [0.1, 0.15) is 54.9 Å². The second kappa shape index (κ2) is 15.2. The molecule has 0 saturated carbocycles. The maximum absolute atomic E-state index is 13.2. The predicted octanol–water partition coefficient (Wildman–Crippen LogP) is 1.09. The van der Waals surface area contributed by atoms with Crippen molar-refractivity contribution >= 4 is 46.6 Å². The van der Waals surface area contributed by atoms with E-state index in [4.69, 9.17) is 0 Å². The van der Waals surface area contributed by atoms with Gasteiger partial charge in [0.15, 0.2) is 17.3 Å². The highest BCUT2D eigenvalue weighted by atomic mass is 16.3. The van der Waals surface area contributed by atoms with E-state index in [1.165, 1.54) is 51.5 Å². The fraction of sp³-hybridized carbons (Fsp3) is 0.355. The van der Waals surface area contributed by atoms with Gasteiger partial charge in [-0.25, -0.2) is 4.98 Å². The van der Waals surface area contributed by atoms with Crippen molar-refractivity contribution in [1.29, 1.82) is 0 Å². The number of anilines is 3. The number of hydrogen-bond donors (Lipinski definition) is 6. The van der Waals surface area contributed by atoms with Gasteiger partial charge >= 0.3 is 0 Å². The number of nitrogens with zero attached hydrogens (tertiary/aromatic N) is 6. The molecule has 0 unspecified atom stereocenters. The molecule has 4 aromatic heterocycles. The zero-order valence-corrected chi connectivity index (χ0v) is 27.7. The number of rotatable bonds is 14. The van der Waals surface area contributed by atoms with Gasteiger partial charge in [0.25, 0.3) is 23.6 Å². The molecule has 6 N–H and O–H groups in total. The Hall–Kier alpha value is -5.84. The van der Waals surface area contributed by atoms with E-state index in [1.807, 2.05) is 19.0 Å². The summed E-state index contributed by atoms with van der Waals surface area (Å²) in [6, 6.07) is 2.94. The Labute approximate surface area is 276 Å². The first-order valence-electron chi connectivity index (χ1n) is 15.1. The van der Waals surface area contributed by atoms with Gasteiger partial charge in [0.1, 0.15) is 17.1 Å². The van der Waals surface area contributed by atoms with Crippen LogP contribution in [0.5, 0.6) is 5.75 Å². The number of amides is 5. The summed E-state index contributed by atoms with van der Waals surface area (Å²) in [4.78, 5) is 69.6. The molecule has 0 aliphatic carbocycles. The molecule has 0 atom stereocenters. The van der Waals surface area contributed by atoms with Gasteiger partial charge in [0, 0.05) is 78.7 Å². The molecular formula is C31H41N11O6. The second-order valence-electron chi connectivity index (χ2n) is 11.5. The third-order valence-electron chi connectivity index (χ3n) is 7.38. The molecule has 0 radical (unpaired) electrons. The van der Waals surface area contributed by atoms with E-state index >= 15 is 0 Å². The van der Waals surface area contributed by atoms with E-state index in [9.17, 15) is 29.1 Å². The first-order chi connectivity index (χ1) is 22.7. The molecule has 256 valence electrons. The lowest BCUT2D eigenvalue weighted by Crippen LogP contribution is -2.32. The van der Waals surface area contributed by atoms with Crippen LogP contribution in [0.15, 0.2) is 43.1 Å². The summed E-state index contributed by atoms with van der Waals surface area (Å²) < 4.78 is 5.94. The van der Waals surface area contributed by atoms with Gasteiger partial charge in [-0.2, -0.15) is 0 Å². The van der Waals surface area contributed by atoms with Crippen LogP contribution in [0.2, 0.25) is 0 Å². The van der Waals surface area contributed by atoms with E-state index in [1.54, 1.807) is 38.1 Å². The molecule has 5 amide bonds. The monoisotopic (exact) mass is 663 g/mol. The van der Waals surface area contributed by atoms with Gasteiger partial charge in [-0.1, -0.05) is 0 Å². The lowest BCUT2D eigenvalue weighted by atomic mass is 10.3. The SMILES string of the molecule is CN(C)CCCNC(=O)CCNC(=O)c1cc(NC(=O)c2c(O)c(NC(=O)c3cc(NC(=O)c4nccn4C)cn3C)cn2C)cn1C. The van der Waals surface area contributed by atoms with E-state index in [-0.39, 0.29) is 47.5 Å². The van der Waals surface area contributed by atoms with Crippen LogP contribution < -0.4 is 26.6 Å². The molecule has 4 heterocycles. The number of aromatic nitrogens is 5. The zero-order chi connectivity index (χ0) is 35.1. The quantitative estimate of drug-likeness (QED) is 0.108. The summed E-state index contributed by atoms with van der Waals surface area (Å²) in [5.41, 5.74) is 0.935. The van der Waals surface area contributed by atoms with Crippen molar-refractivity contribution in [2.24, 2.45) is 28.2 Å². The number of nitrogens with one attached hydrogen (secondary N) is 5. The Morgan fingerprint density at radius 1 is 0.750 bits per heavy atom. The first kappa shape index (κ1) is 35.0. The molecule has 4 rings (SSSR count). The second-order valence-corrected chi connectivity index (χ2v) is 11.5. The summed E-state index contributed by atoms with van der Waals surface area (Å²) in [6.07, 6.45) is 8.56. The van der Waals surface area contributed by atoms with E-state index < -0.39 is 29.4 Å². The Morgan fingerprint density at radius 3 is 1.98 bits per heavy atom. The van der Waals surface area contributed by atoms with Gasteiger partial charge in [-0.05, 0) is 39.2 Å². The van der Waals surface area contributed by atoms with Crippen molar-refractivity contribution < 1.29 is 29.1 Å². The summed E-state index contributed by atoms with van der Waals surface area (Å²) in [6.45, 7) is 1.55. The number of hydrogen-bond acceptors (Lipinski definition) is 8. The van der Waals surface area contributed by atoms with Crippen LogP contribution >= 0.6 is 0 Å². The fourth-order valence-electron chi connectivity index (χ4n) is 4.93. The smallest absolute Gasteiger partial charge is 0.291 e. The average Bonchev–Trinajstić information content (AvgIpc) is 3.77. The number of carbonyl (C=O) groups is 5. The van der Waals surface area contributed by atoms with Crippen molar-refractivity contribution in [2.45, 2.75) is 12.8 Å². The normalized spacial score (nSPS) is 11.0. The van der Waals surface area contributed by atoms with Crippen molar-refractivity contribution in [2.75, 3.05) is 49.7 Å². The summed E-state index contributed by atoms with van der Waals surface area (Å²) in [5.74, 6) is -2.58. The largest absolute Gasteiger partial charge is 0.504 e. The number of aromatic hydroxyl groups is 1. The Balaban J connectivity index is 1.34. The Bertz CT molecular complexity index is 1830. The predicted molar refractivity (Wildman–Crippen MR) is 178 cm³/mol. The van der Waals surface area contributed by atoms with E-state index in [0.717, 1.165) is 13.0 Å². The number of carbonyl (C=O) groups excluding carboxylic acids is 5. The van der Waals surface area contributed by atoms with Crippen LogP contribution in [0.3, 0.4) is 0 Å². The Kier molecular flexibility index (Phi) is 11.1. The zero-order valence-electron chi connectivity index (χ0n) is 27.7. The molecule has 17 nitrogen and oxygen atoms in total. The molecule has 0 aromatic carbocycles. The van der Waals surface area contributed by atoms with Crippen LogP contribution in [0, 0.1) is 0 Å². The molecule has 0 aliphatic rings. The maximum Gasteiger partial charge on any atom is 0.291 e. The van der Waals surface area contributed by atoms with Gasteiger partial charge in [-0.15, -0.1) is 0 Å². The standard InChI is InChI=1S/C31H41N11O6/c1-38(2)12-7-9-32-24(43)8-10-34-28(45)22-14-19(16-40(22)4)35-30(47)25-26(44)21(18-42(25)6)37-29(46)23-15-20(17-41(23)5)36-31(48)27-33-11-13-39(27)3/h11,13-18,44H,7-10,12H2,1-6H3,(H,32,43)(H,34,45)(H,35,47)(H,36,48)(H,37,46). The van der Waals surface area contributed by atoms with Crippen LogP contribution in [-0.4, -0.2) is 96.5 Å². The lowest BCUT2D eigenvalue weighted by molar-refractivity contribution is -0.120. The summed E-state index contributed by atoms with van der Waals surface area (Å²) >= 11 is 0. The highest BCUT2D eigenvalue weighted by Gasteiger charge is 2.24. The van der Waals surface area contributed by atoms with Gasteiger partial charge in [-0.3, -0.25) is 24.0 Å². The third-order valence-corrected chi connectivity index (χ3v) is 7.38. The minimum atomic E-state index is -0.683. The molecule has 48 heavy (non-hydrogen) atoms. The van der Waals surface area contributed by atoms with Crippen molar-refractivity contribution in [3.63, 3.8) is 0 Å². The highest BCUT2D eigenvalue weighted by molar-refractivity contribution is 6.10. The average molecular weight is 664 g/mol. The molecule has 0 aliphatic heterocycles. The fourth-order valence-corrected chi connectivity index (χ4v) is 4.93. The topological polar surface area (TPSA) is 202 Å². The molecule has 0 saturated heterocycles. The molecule has 0 fully saturated rings. The summed E-state index contributed by atoms with van der Waals surface area (Å²) in [5, 5.41) is 24.4. The highest BCUT2D eigenvalue weighted by Crippen LogP contribution is 2.31.